The highest BCUT2D eigenvalue weighted by atomic mass is 35.5. The average Bonchev–Trinajstić information content (AvgIpc) is 3.21. The van der Waals surface area contributed by atoms with Crippen LogP contribution >= 0.6 is 11.6 Å². The van der Waals surface area contributed by atoms with Gasteiger partial charge in [-0.05, 0) is 38.6 Å². The zero-order valence-corrected chi connectivity index (χ0v) is 13.7. The molecule has 0 saturated heterocycles. The number of aromatic nitrogens is 2. The van der Waals surface area contributed by atoms with Crippen molar-refractivity contribution in [3.63, 3.8) is 0 Å². The fraction of sp³-hybridized carbons (Fsp3) is 0.800. The highest BCUT2D eigenvalue weighted by molar-refractivity contribution is 6.31. The first-order chi connectivity index (χ1) is 9.58. The molecule has 1 heterocycles. The van der Waals surface area contributed by atoms with Crippen LogP contribution in [-0.2, 0) is 18.2 Å². The number of ether oxygens (including phenoxy) is 1. The molecule has 1 aromatic heterocycles. The molecule has 0 amide bonds. The van der Waals surface area contributed by atoms with E-state index >= 15 is 0 Å². The Morgan fingerprint density at radius 3 is 2.65 bits per heavy atom. The van der Waals surface area contributed by atoms with Gasteiger partial charge in [0.05, 0.1) is 22.5 Å². The Balaban J connectivity index is 2.13. The van der Waals surface area contributed by atoms with Crippen LogP contribution in [0.2, 0.25) is 5.02 Å². The first-order valence-corrected chi connectivity index (χ1v) is 7.90. The van der Waals surface area contributed by atoms with Crippen LogP contribution in [-0.4, -0.2) is 35.6 Å². The molecule has 2 atom stereocenters. The first-order valence-electron chi connectivity index (χ1n) is 7.52. The summed E-state index contributed by atoms with van der Waals surface area (Å²) < 4.78 is 7.66. The van der Waals surface area contributed by atoms with Crippen LogP contribution in [0, 0.1) is 12.8 Å². The number of halogens is 1. The van der Waals surface area contributed by atoms with Crippen molar-refractivity contribution in [1.29, 1.82) is 0 Å². The molecule has 2 unspecified atom stereocenters. The summed E-state index contributed by atoms with van der Waals surface area (Å²) in [6, 6.07) is 0.305. The van der Waals surface area contributed by atoms with E-state index in [-0.39, 0.29) is 6.10 Å². The van der Waals surface area contributed by atoms with Gasteiger partial charge in [-0.25, -0.2) is 0 Å². The number of aryl methyl sites for hydroxylation is 2. The summed E-state index contributed by atoms with van der Waals surface area (Å²) in [4.78, 5) is 0. The summed E-state index contributed by atoms with van der Waals surface area (Å²) in [6.07, 6.45) is 4.82. The van der Waals surface area contributed by atoms with Crippen LogP contribution in [0.3, 0.4) is 0 Å². The Hall–Kier alpha value is -0.580. The molecule has 0 bridgehead atoms. The van der Waals surface area contributed by atoms with Crippen molar-refractivity contribution in [3.05, 3.63) is 16.4 Å². The minimum absolute atomic E-state index is 0.271. The number of rotatable bonds is 8. The second kappa shape index (κ2) is 6.92. The molecule has 1 fully saturated rings. The van der Waals surface area contributed by atoms with Gasteiger partial charge in [0.2, 0.25) is 0 Å². The lowest BCUT2D eigenvalue weighted by Gasteiger charge is -2.27. The Bertz CT molecular complexity index is 443. The molecule has 114 valence electrons. The van der Waals surface area contributed by atoms with E-state index in [4.69, 9.17) is 16.3 Å². The molecule has 1 aliphatic carbocycles. The van der Waals surface area contributed by atoms with Crippen molar-refractivity contribution in [2.75, 3.05) is 13.7 Å². The predicted molar refractivity (Wildman–Crippen MR) is 82.3 cm³/mol. The highest BCUT2D eigenvalue weighted by Gasteiger charge is 2.37. The van der Waals surface area contributed by atoms with Gasteiger partial charge in [0, 0.05) is 26.6 Å². The molecular weight excluding hydrogens is 274 g/mol. The minimum atomic E-state index is 0.271. The van der Waals surface area contributed by atoms with Crippen molar-refractivity contribution in [1.82, 2.24) is 15.1 Å². The topological polar surface area (TPSA) is 39.1 Å². The Morgan fingerprint density at radius 1 is 1.50 bits per heavy atom. The van der Waals surface area contributed by atoms with Crippen LogP contribution in [0.15, 0.2) is 0 Å². The third kappa shape index (κ3) is 3.54. The summed E-state index contributed by atoms with van der Waals surface area (Å²) in [5, 5.41) is 8.83. The largest absolute Gasteiger partial charge is 0.380 e. The summed E-state index contributed by atoms with van der Waals surface area (Å²) in [7, 11) is 3.78. The van der Waals surface area contributed by atoms with Crippen LogP contribution < -0.4 is 5.32 Å². The van der Waals surface area contributed by atoms with E-state index in [0.29, 0.717) is 12.0 Å². The molecule has 2 rings (SSSR count). The van der Waals surface area contributed by atoms with Crippen molar-refractivity contribution < 1.29 is 4.74 Å². The van der Waals surface area contributed by atoms with Crippen molar-refractivity contribution in [2.24, 2.45) is 13.0 Å². The SMILES string of the molecule is CCCNC(Cc1c(Cl)c(C)nn1C)C(OC)C1CC1. The molecule has 1 saturated carbocycles. The van der Waals surface area contributed by atoms with Gasteiger partial charge in [-0.1, -0.05) is 18.5 Å². The summed E-state index contributed by atoms with van der Waals surface area (Å²) >= 11 is 6.38. The Labute approximate surface area is 126 Å². The lowest BCUT2D eigenvalue weighted by molar-refractivity contribution is 0.0506. The number of hydrogen-bond acceptors (Lipinski definition) is 3. The zero-order valence-electron chi connectivity index (χ0n) is 12.9. The van der Waals surface area contributed by atoms with Gasteiger partial charge in [0.15, 0.2) is 0 Å². The Kier molecular flexibility index (Phi) is 5.47. The van der Waals surface area contributed by atoms with Gasteiger partial charge in [-0.2, -0.15) is 5.10 Å². The number of methoxy groups -OCH3 is 1. The zero-order chi connectivity index (χ0) is 14.7. The first kappa shape index (κ1) is 15.8. The third-order valence-corrected chi connectivity index (χ3v) is 4.58. The van der Waals surface area contributed by atoms with Crippen LogP contribution in [0.1, 0.15) is 37.6 Å². The van der Waals surface area contributed by atoms with E-state index < -0.39 is 0 Å². The minimum Gasteiger partial charge on any atom is -0.380 e. The van der Waals surface area contributed by atoms with E-state index in [9.17, 15) is 0 Å². The molecule has 0 spiro atoms. The summed E-state index contributed by atoms with van der Waals surface area (Å²) in [5.41, 5.74) is 2.00. The van der Waals surface area contributed by atoms with Gasteiger partial charge in [-0.3, -0.25) is 4.68 Å². The van der Waals surface area contributed by atoms with Crippen LogP contribution in [0.5, 0.6) is 0 Å². The van der Waals surface area contributed by atoms with E-state index in [1.165, 1.54) is 12.8 Å². The molecule has 0 radical (unpaired) electrons. The van der Waals surface area contributed by atoms with Gasteiger partial charge in [0.1, 0.15) is 0 Å². The third-order valence-electron chi connectivity index (χ3n) is 4.09. The van der Waals surface area contributed by atoms with Gasteiger partial charge in [-0.15, -0.1) is 0 Å². The number of nitrogens with one attached hydrogen (secondary N) is 1. The second-order valence-corrected chi connectivity index (χ2v) is 6.15. The molecule has 4 nitrogen and oxygen atoms in total. The van der Waals surface area contributed by atoms with E-state index in [2.05, 4.69) is 17.3 Å². The number of nitrogens with zero attached hydrogens (tertiary/aromatic N) is 2. The molecule has 20 heavy (non-hydrogen) atoms. The van der Waals surface area contributed by atoms with E-state index in [0.717, 1.165) is 35.8 Å². The van der Waals surface area contributed by atoms with Gasteiger partial charge in [0.25, 0.3) is 0 Å². The van der Waals surface area contributed by atoms with Gasteiger partial charge >= 0.3 is 0 Å². The quantitative estimate of drug-likeness (QED) is 0.802. The van der Waals surface area contributed by atoms with Crippen molar-refractivity contribution in [2.45, 2.75) is 51.7 Å². The maximum atomic E-state index is 6.38. The summed E-state index contributed by atoms with van der Waals surface area (Å²) in [5.74, 6) is 0.697. The maximum absolute atomic E-state index is 6.38. The molecule has 0 aliphatic heterocycles. The molecule has 0 aromatic carbocycles. The number of hydrogen-bond donors (Lipinski definition) is 1. The van der Waals surface area contributed by atoms with Gasteiger partial charge < -0.3 is 10.1 Å². The standard InChI is InChI=1S/C15H26ClN3O/c1-5-8-17-12(15(20-4)11-6-7-11)9-13-14(16)10(2)18-19(13)3/h11-12,15,17H,5-9H2,1-4H3. The monoisotopic (exact) mass is 299 g/mol. The van der Waals surface area contributed by atoms with E-state index in [1.807, 2.05) is 25.8 Å². The second-order valence-electron chi connectivity index (χ2n) is 5.77. The molecule has 5 heteroatoms. The van der Waals surface area contributed by atoms with Crippen LogP contribution in [0.25, 0.3) is 0 Å². The average molecular weight is 300 g/mol. The predicted octanol–water partition coefficient (Wildman–Crippen LogP) is 2.72. The fourth-order valence-electron chi connectivity index (χ4n) is 2.85. The Morgan fingerprint density at radius 2 is 2.20 bits per heavy atom. The lowest BCUT2D eigenvalue weighted by Crippen LogP contribution is -2.44. The lowest BCUT2D eigenvalue weighted by atomic mass is 10.0. The molecule has 1 N–H and O–H groups in total. The van der Waals surface area contributed by atoms with Crippen molar-refractivity contribution in [3.8, 4) is 0 Å². The summed E-state index contributed by atoms with van der Waals surface area (Å²) in [6.45, 7) is 5.14. The molecule has 1 aromatic rings. The van der Waals surface area contributed by atoms with Crippen molar-refractivity contribution >= 4 is 11.6 Å². The smallest absolute Gasteiger partial charge is 0.0847 e. The molecule has 1 aliphatic rings. The normalized spacial score (nSPS) is 18.2. The van der Waals surface area contributed by atoms with E-state index in [1.54, 1.807) is 0 Å². The fourth-order valence-corrected chi connectivity index (χ4v) is 3.09. The highest BCUT2D eigenvalue weighted by Crippen LogP contribution is 2.36. The molecular formula is C15H26ClN3O. The van der Waals surface area contributed by atoms with Crippen LogP contribution in [0.4, 0.5) is 0 Å². The maximum Gasteiger partial charge on any atom is 0.0847 e.